The van der Waals surface area contributed by atoms with E-state index in [1.54, 1.807) is 0 Å². The Morgan fingerprint density at radius 3 is 2.65 bits per heavy atom. The highest BCUT2D eigenvalue weighted by Gasteiger charge is 2.40. The number of aliphatic carboxylic acids is 1. The third-order valence-electron chi connectivity index (χ3n) is 2.67. The normalized spacial score (nSPS) is 18.7. The maximum absolute atomic E-state index is 12.1. The van der Waals surface area contributed by atoms with Gasteiger partial charge in [-0.2, -0.15) is 0 Å². The minimum atomic E-state index is -1.02. The fourth-order valence-corrected chi connectivity index (χ4v) is 2.95. The fourth-order valence-electron chi connectivity index (χ4n) is 1.80. The van der Waals surface area contributed by atoms with Crippen molar-refractivity contribution in [2.45, 2.75) is 11.7 Å². The van der Waals surface area contributed by atoms with Gasteiger partial charge in [0.1, 0.15) is 0 Å². The molecule has 20 heavy (non-hydrogen) atoms. The number of hydrogen-bond donors (Lipinski definition) is 1. The summed E-state index contributed by atoms with van der Waals surface area (Å²) in [7, 11) is 0. The van der Waals surface area contributed by atoms with Crippen molar-refractivity contribution in [2.24, 2.45) is 0 Å². The van der Waals surface area contributed by atoms with Crippen molar-refractivity contribution in [3.8, 4) is 0 Å². The summed E-state index contributed by atoms with van der Waals surface area (Å²) in [5.41, 5.74) is 0.341. The van der Waals surface area contributed by atoms with E-state index in [0.717, 1.165) is 16.7 Å². The Balaban J connectivity index is 2.20. The summed E-state index contributed by atoms with van der Waals surface area (Å²) in [4.78, 5) is 35.6. The summed E-state index contributed by atoms with van der Waals surface area (Å²) < 4.78 is 0. The molecule has 0 spiro atoms. The molecule has 0 aliphatic carbocycles. The highest BCUT2D eigenvalue weighted by molar-refractivity contribution is 8.01. The standard InChI is InChI=1S/C12H9Cl2NO4S/c13-7-2-1-6(3-8(7)14)15-10(16)4-9(12(15)19)20-5-11(17)18/h1-3,9H,4-5H2,(H,17,18)/t9-/m0/s1. The van der Waals surface area contributed by atoms with Gasteiger partial charge in [0.15, 0.2) is 0 Å². The van der Waals surface area contributed by atoms with Crippen LogP contribution in [-0.2, 0) is 14.4 Å². The Labute approximate surface area is 128 Å². The number of hydrogen-bond acceptors (Lipinski definition) is 4. The van der Waals surface area contributed by atoms with Crippen LogP contribution in [0.4, 0.5) is 5.69 Å². The average molecular weight is 334 g/mol. The minimum absolute atomic E-state index is 0.0168. The van der Waals surface area contributed by atoms with Gasteiger partial charge in [-0.15, -0.1) is 11.8 Å². The number of amides is 2. The van der Waals surface area contributed by atoms with Crippen molar-refractivity contribution in [1.82, 2.24) is 0 Å². The van der Waals surface area contributed by atoms with E-state index in [1.807, 2.05) is 0 Å². The Bertz CT molecular complexity index is 593. The Hall–Kier alpha value is -1.24. The molecule has 1 aliphatic rings. The lowest BCUT2D eigenvalue weighted by Crippen LogP contribution is -2.31. The predicted molar refractivity (Wildman–Crippen MR) is 77.5 cm³/mol. The summed E-state index contributed by atoms with van der Waals surface area (Å²) in [5, 5.41) is 8.51. The van der Waals surface area contributed by atoms with Crippen molar-refractivity contribution in [1.29, 1.82) is 0 Å². The van der Waals surface area contributed by atoms with E-state index in [0.29, 0.717) is 10.7 Å². The van der Waals surface area contributed by atoms with Gasteiger partial charge < -0.3 is 5.11 Å². The van der Waals surface area contributed by atoms with Crippen LogP contribution >= 0.6 is 35.0 Å². The Morgan fingerprint density at radius 2 is 2.05 bits per heavy atom. The monoisotopic (exact) mass is 333 g/mol. The maximum Gasteiger partial charge on any atom is 0.313 e. The van der Waals surface area contributed by atoms with Gasteiger partial charge in [0.05, 0.1) is 26.7 Å². The first kappa shape index (κ1) is 15.2. The molecule has 2 rings (SSSR count). The predicted octanol–water partition coefficient (Wildman–Crippen LogP) is 2.44. The number of carbonyl (C=O) groups excluding carboxylic acids is 2. The van der Waals surface area contributed by atoms with Gasteiger partial charge in [-0.25, -0.2) is 4.90 Å². The summed E-state index contributed by atoms with van der Waals surface area (Å²) >= 11 is 12.6. The summed E-state index contributed by atoms with van der Waals surface area (Å²) in [6.07, 6.45) is -0.0168. The highest BCUT2D eigenvalue weighted by Crippen LogP contribution is 2.33. The number of carbonyl (C=O) groups is 3. The van der Waals surface area contributed by atoms with Crippen molar-refractivity contribution in [2.75, 3.05) is 10.7 Å². The molecule has 1 aromatic carbocycles. The number of benzene rings is 1. The van der Waals surface area contributed by atoms with Crippen LogP contribution in [0.3, 0.4) is 0 Å². The third kappa shape index (κ3) is 3.08. The van der Waals surface area contributed by atoms with Crippen LogP contribution in [0, 0.1) is 0 Å². The van der Waals surface area contributed by atoms with Crippen LogP contribution in [0.15, 0.2) is 18.2 Å². The lowest BCUT2D eigenvalue weighted by Gasteiger charge is -2.15. The molecular weight excluding hydrogens is 325 g/mol. The Kier molecular flexibility index (Phi) is 4.57. The largest absolute Gasteiger partial charge is 0.481 e. The number of anilines is 1. The second-order valence-corrected chi connectivity index (χ2v) is 6.07. The zero-order chi connectivity index (χ0) is 14.9. The van der Waals surface area contributed by atoms with Gasteiger partial charge in [-0.1, -0.05) is 23.2 Å². The van der Waals surface area contributed by atoms with E-state index in [9.17, 15) is 14.4 Å². The molecule has 1 aromatic rings. The van der Waals surface area contributed by atoms with Crippen LogP contribution in [0.1, 0.15) is 6.42 Å². The third-order valence-corrected chi connectivity index (χ3v) is 4.60. The molecule has 1 saturated heterocycles. The summed E-state index contributed by atoms with van der Waals surface area (Å²) in [5.74, 6) is -2.06. The molecule has 0 bridgehead atoms. The zero-order valence-corrected chi connectivity index (χ0v) is 12.3. The van der Waals surface area contributed by atoms with Crippen LogP contribution in [-0.4, -0.2) is 33.9 Å². The van der Waals surface area contributed by atoms with Gasteiger partial charge >= 0.3 is 5.97 Å². The number of rotatable bonds is 4. The minimum Gasteiger partial charge on any atom is -0.481 e. The average Bonchev–Trinajstić information content (AvgIpc) is 2.65. The van der Waals surface area contributed by atoms with Gasteiger partial charge in [-0.05, 0) is 18.2 Å². The van der Waals surface area contributed by atoms with E-state index in [2.05, 4.69) is 0 Å². The van der Waals surface area contributed by atoms with Crippen LogP contribution in [0.2, 0.25) is 10.0 Å². The van der Waals surface area contributed by atoms with Crippen molar-refractivity contribution < 1.29 is 19.5 Å². The molecule has 2 amide bonds. The molecule has 0 radical (unpaired) electrons. The fraction of sp³-hybridized carbons (Fsp3) is 0.250. The van der Waals surface area contributed by atoms with E-state index in [-0.39, 0.29) is 23.1 Å². The quantitative estimate of drug-likeness (QED) is 0.856. The topological polar surface area (TPSA) is 74.7 Å². The highest BCUT2D eigenvalue weighted by atomic mass is 35.5. The van der Waals surface area contributed by atoms with E-state index in [1.165, 1.54) is 18.2 Å². The molecule has 8 heteroatoms. The molecule has 1 N–H and O–H groups in total. The Morgan fingerprint density at radius 1 is 1.35 bits per heavy atom. The van der Waals surface area contributed by atoms with Crippen LogP contribution < -0.4 is 4.90 Å². The van der Waals surface area contributed by atoms with E-state index < -0.39 is 17.1 Å². The van der Waals surface area contributed by atoms with Gasteiger partial charge in [0.25, 0.3) is 0 Å². The molecule has 1 aliphatic heterocycles. The first-order valence-electron chi connectivity index (χ1n) is 5.55. The SMILES string of the molecule is O=C(O)CS[C@H]1CC(=O)N(c2ccc(Cl)c(Cl)c2)C1=O. The number of nitrogens with zero attached hydrogens (tertiary/aromatic N) is 1. The smallest absolute Gasteiger partial charge is 0.313 e. The van der Waals surface area contributed by atoms with Crippen molar-refractivity contribution >= 4 is 58.4 Å². The van der Waals surface area contributed by atoms with Crippen molar-refractivity contribution in [3.63, 3.8) is 0 Å². The summed E-state index contributed by atoms with van der Waals surface area (Å²) in [6, 6.07) is 4.45. The van der Waals surface area contributed by atoms with Gasteiger partial charge in [0.2, 0.25) is 11.8 Å². The number of carboxylic acids is 1. The number of imide groups is 1. The number of carboxylic acid groups (broad SMARTS) is 1. The second-order valence-electron chi connectivity index (χ2n) is 4.06. The molecule has 1 fully saturated rings. The molecule has 1 heterocycles. The van der Waals surface area contributed by atoms with Crippen LogP contribution in [0.5, 0.6) is 0 Å². The van der Waals surface area contributed by atoms with E-state index in [4.69, 9.17) is 28.3 Å². The van der Waals surface area contributed by atoms with Crippen molar-refractivity contribution in [3.05, 3.63) is 28.2 Å². The molecule has 106 valence electrons. The zero-order valence-electron chi connectivity index (χ0n) is 10.0. The molecular formula is C12H9Cl2NO4S. The van der Waals surface area contributed by atoms with Gasteiger partial charge in [-0.3, -0.25) is 14.4 Å². The van der Waals surface area contributed by atoms with E-state index >= 15 is 0 Å². The first-order valence-corrected chi connectivity index (χ1v) is 7.36. The summed E-state index contributed by atoms with van der Waals surface area (Å²) in [6.45, 7) is 0. The second kappa shape index (κ2) is 6.03. The molecule has 0 saturated carbocycles. The molecule has 0 aromatic heterocycles. The molecule has 1 atom stereocenters. The maximum atomic E-state index is 12.1. The lowest BCUT2D eigenvalue weighted by atomic mass is 10.3. The van der Waals surface area contributed by atoms with Crippen LogP contribution in [0.25, 0.3) is 0 Å². The molecule has 5 nitrogen and oxygen atoms in total. The number of halogens is 2. The lowest BCUT2D eigenvalue weighted by molar-refractivity contribution is -0.134. The molecule has 0 unspecified atom stereocenters. The first-order chi connectivity index (χ1) is 9.40. The van der Waals surface area contributed by atoms with Gasteiger partial charge in [0, 0.05) is 6.42 Å². The number of thioether (sulfide) groups is 1.